The van der Waals surface area contributed by atoms with Crippen LogP contribution in [-0.4, -0.2) is 88.9 Å². The van der Waals surface area contributed by atoms with Gasteiger partial charge in [-0.25, -0.2) is 0 Å². The molecule has 0 aromatic rings. The number of hydrogen-bond acceptors (Lipinski definition) is 6. The van der Waals surface area contributed by atoms with Crippen LogP contribution < -0.4 is 10.6 Å². The second-order valence-corrected chi connectivity index (χ2v) is 5.00. The third kappa shape index (κ3) is 10.5. The molecule has 0 saturated carbocycles. The summed E-state index contributed by atoms with van der Waals surface area (Å²) in [5.41, 5.74) is 0. The molecule has 0 aromatic carbocycles. The van der Waals surface area contributed by atoms with Crippen molar-refractivity contribution in [2.45, 2.75) is 12.8 Å². The van der Waals surface area contributed by atoms with Crippen LogP contribution in [0.5, 0.6) is 0 Å². The lowest BCUT2D eigenvalue weighted by molar-refractivity contribution is 0.0341. The number of rotatable bonds is 14. The molecule has 0 amide bonds. The molecule has 1 rings (SSSR count). The number of nitrogens with zero attached hydrogens (tertiary/aromatic N) is 1. The van der Waals surface area contributed by atoms with Crippen LogP contribution in [0, 0.1) is 0 Å². The smallest absolute Gasteiger partial charge is 0.0701 e. The maximum Gasteiger partial charge on any atom is 0.0701 e. The molecule has 1 aliphatic heterocycles. The van der Waals surface area contributed by atoms with Crippen LogP contribution in [0.4, 0.5) is 0 Å². The Morgan fingerprint density at radius 3 is 2.15 bits per heavy atom. The van der Waals surface area contributed by atoms with Crippen molar-refractivity contribution in [1.29, 1.82) is 0 Å². The average molecular weight is 289 g/mol. The molecule has 120 valence electrons. The van der Waals surface area contributed by atoms with Crippen LogP contribution in [0.15, 0.2) is 0 Å². The molecule has 0 aliphatic carbocycles. The first-order chi connectivity index (χ1) is 9.93. The van der Waals surface area contributed by atoms with E-state index < -0.39 is 0 Å². The Bertz CT molecular complexity index is 202. The summed E-state index contributed by atoms with van der Waals surface area (Å²) in [4.78, 5) is 2.52. The summed E-state index contributed by atoms with van der Waals surface area (Å²) in [6, 6.07) is 0. The van der Waals surface area contributed by atoms with E-state index in [2.05, 4.69) is 15.5 Å². The number of hydrogen-bond donors (Lipinski definition) is 3. The molecule has 0 aromatic heterocycles. The zero-order valence-corrected chi connectivity index (χ0v) is 12.6. The van der Waals surface area contributed by atoms with Gasteiger partial charge in [-0.3, -0.25) is 0 Å². The third-order valence-electron chi connectivity index (χ3n) is 3.31. The number of likely N-dealkylation sites (tertiary alicyclic amines) is 1. The van der Waals surface area contributed by atoms with E-state index in [1.165, 1.54) is 32.5 Å². The highest BCUT2D eigenvalue weighted by Crippen LogP contribution is 2.05. The van der Waals surface area contributed by atoms with Gasteiger partial charge in [-0.15, -0.1) is 0 Å². The highest BCUT2D eigenvalue weighted by atomic mass is 16.5. The summed E-state index contributed by atoms with van der Waals surface area (Å²) < 4.78 is 10.5. The van der Waals surface area contributed by atoms with E-state index >= 15 is 0 Å². The zero-order valence-electron chi connectivity index (χ0n) is 12.6. The number of nitrogens with one attached hydrogen (secondary N) is 2. The van der Waals surface area contributed by atoms with Crippen molar-refractivity contribution in [3.8, 4) is 0 Å². The Labute approximate surface area is 122 Å². The minimum atomic E-state index is 0.0757. The van der Waals surface area contributed by atoms with E-state index in [1.807, 2.05) is 0 Å². The highest BCUT2D eigenvalue weighted by Gasteiger charge is 2.09. The van der Waals surface area contributed by atoms with Crippen LogP contribution in [-0.2, 0) is 9.47 Å². The fourth-order valence-corrected chi connectivity index (χ4v) is 2.20. The molecule has 1 saturated heterocycles. The van der Waals surface area contributed by atoms with Gasteiger partial charge in [-0.1, -0.05) is 0 Å². The molecule has 0 unspecified atom stereocenters. The Hall–Kier alpha value is -0.240. The maximum absolute atomic E-state index is 8.50. The minimum absolute atomic E-state index is 0.0757. The summed E-state index contributed by atoms with van der Waals surface area (Å²) >= 11 is 0. The van der Waals surface area contributed by atoms with Gasteiger partial charge >= 0.3 is 0 Å². The lowest BCUT2D eigenvalue weighted by Gasteiger charge is -2.14. The topological polar surface area (TPSA) is 66.0 Å². The SMILES string of the molecule is OCCOCCOCCNCCNCCN1CCCC1. The molecule has 1 aliphatic rings. The lowest BCUT2D eigenvalue weighted by atomic mass is 10.4. The minimum Gasteiger partial charge on any atom is -0.394 e. The standard InChI is InChI=1S/C14H31N3O3/c18-10-12-20-14-13-19-11-6-16-4-3-15-5-9-17-7-1-2-8-17/h15-16,18H,1-14H2. The summed E-state index contributed by atoms with van der Waals surface area (Å²) in [6.07, 6.45) is 2.74. The average Bonchev–Trinajstić information content (AvgIpc) is 2.97. The first-order valence-corrected chi connectivity index (χ1v) is 7.83. The van der Waals surface area contributed by atoms with Gasteiger partial charge in [0.05, 0.1) is 33.0 Å². The van der Waals surface area contributed by atoms with Gasteiger partial charge < -0.3 is 30.1 Å². The predicted octanol–water partition coefficient (Wildman–Crippen LogP) is -0.713. The van der Waals surface area contributed by atoms with Crippen molar-refractivity contribution in [2.75, 3.05) is 78.8 Å². The molecule has 0 bridgehead atoms. The quantitative estimate of drug-likeness (QED) is 0.367. The van der Waals surface area contributed by atoms with E-state index in [4.69, 9.17) is 14.6 Å². The molecule has 1 fully saturated rings. The van der Waals surface area contributed by atoms with Gasteiger partial charge in [0.1, 0.15) is 0 Å². The zero-order chi connectivity index (χ0) is 14.3. The van der Waals surface area contributed by atoms with E-state index in [0.717, 1.165) is 26.2 Å². The number of aliphatic hydroxyl groups excluding tert-OH is 1. The molecular weight excluding hydrogens is 258 g/mol. The molecule has 20 heavy (non-hydrogen) atoms. The van der Waals surface area contributed by atoms with Crippen molar-refractivity contribution in [2.24, 2.45) is 0 Å². The Balaban J connectivity index is 1.66. The molecule has 6 nitrogen and oxygen atoms in total. The summed E-state index contributed by atoms with van der Waals surface area (Å²) in [5, 5.41) is 15.3. The molecule has 1 heterocycles. The number of ether oxygens (including phenoxy) is 2. The van der Waals surface area contributed by atoms with Crippen LogP contribution >= 0.6 is 0 Å². The van der Waals surface area contributed by atoms with E-state index in [9.17, 15) is 0 Å². The largest absolute Gasteiger partial charge is 0.394 e. The lowest BCUT2D eigenvalue weighted by Crippen LogP contribution is -2.34. The molecule has 6 heteroatoms. The molecule has 3 N–H and O–H groups in total. The fraction of sp³-hybridized carbons (Fsp3) is 1.00. The third-order valence-corrected chi connectivity index (χ3v) is 3.31. The summed E-state index contributed by atoms with van der Waals surface area (Å²) in [7, 11) is 0. The molecule has 0 radical (unpaired) electrons. The summed E-state index contributed by atoms with van der Waals surface area (Å²) in [5.74, 6) is 0. The maximum atomic E-state index is 8.50. The highest BCUT2D eigenvalue weighted by molar-refractivity contribution is 4.66. The van der Waals surface area contributed by atoms with Gasteiger partial charge in [0, 0.05) is 32.7 Å². The van der Waals surface area contributed by atoms with Crippen molar-refractivity contribution in [1.82, 2.24) is 15.5 Å². The van der Waals surface area contributed by atoms with Crippen LogP contribution in [0.25, 0.3) is 0 Å². The first kappa shape index (κ1) is 17.8. The van der Waals surface area contributed by atoms with Gasteiger partial charge in [-0.2, -0.15) is 0 Å². The Morgan fingerprint density at radius 1 is 0.800 bits per heavy atom. The van der Waals surface area contributed by atoms with Crippen molar-refractivity contribution in [3.05, 3.63) is 0 Å². The second-order valence-electron chi connectivity index (χ2n) is 5.00. The van der Waals surface area contributed by atoms with Gasteiger partial charge in [0.15, 0.2) is 0 Å². The normalized spacial score (nSPS) is 16.1. The van der Waals surface area contributed by atoms with Crippen molar-refractivity contribution >= 4 is 0 Å². The molecule has 0 spiro atoms. The Morgan fingerprint density at radius 2 is 1.45 bits per heavy atom. The molecule has 0 atom stereocenters. The van der Waals surface area contributed by atoms with Gasteiger partial charge in [-0.05, 0) is 25.9 Å². The summed E-state index contributed by atoms with van der Waals surface area (Å²) in [6.45, 7) is 9.99. The monoisotopic (exact) mass is 289 g/mol. The van der Waals surface area contributed by atoms with Crippen LogP contribution in [0.1, 0.15) is 12.8 Å². The van der Waals surface area contributed by atoms with Crippen LogP contribution in [0.2, 0.25) is 0 Å². The van der Waals surface area contributed by atoms with E-state index in [0.29, 0.717) is 26.4 Å². The van der Waals surface area contributed by atoms with Gasteiger partial charge in [0.25, 0.3) is 0 Å². The Kier molecular flexibility index (Phi) is 12.2. The fourth-order valence-electron chi connectivity index (χ4n) is 2.20. The number of aliphatic hydroxyl groups is 1. The van der Waals surface area contributed by atoms with Crippen LogP contribution in [0.3, 0.4) is 0 Å². The first-order valence-electron chi connectivity index (χ1n) is 7.83. The van der Waals surface area contributed by atoms with Crippen molar-refractivity contribution < 1.29 is 14.6 Å². The van der Waals surface area contributed by atoms with E-state index in [-0.39, 0.29) is 6.61 Å². The second kappa shape index (κ2) is 13.7. The van der Waals surface area contributed by atoms with Gasteiger partial charge in [0.2, 0.25) is 0 Å². The van der Waals surface area contributed by atoms with Crippen molar-refractivity contribution in [3.63, 3.8) is 0 Å². The van der Waals surface area contributed by atoms with E-state index in [1.54, 1.807) is 0 Å². The predicted molar refractivity (Wildman–Crippen MR) is 80.1 cm³/mol. The molecular formula is C14H31N3O3.